The molecule has 142 valence electrons. The normalized spacial score (nSPS) is 12.7. The summed E-state index contributed by atoms with van der Waals surface area (Å²) in [7, 11) is -3.40. The Morgan fingerprint density at radius 1 is 1.33 bits per heavy atom. The number of pyridine rings is 1. The summed E-state index contributed by atoms with van der Waals surface area (Å²) < 4.78 is 39.9. The first kappa shape index (κ1) is 19.5. The maximum absolute atomic E-state index is 14.2. The molecule has 0 aliphatic rings. The third-order valence-corrected chi connectivity index (χ3v) is 5.71. The topological polar surface area (TPSA) is 79.6 Å². The second kappa shape index (κ2) is 7.42. The van der Waals surface area contributed by atoms with Crippen molar-refractivity contribution in [3.63, 3.8) is 0 Å². The molecule has 0 aliphatic carbocycles. The van der Waals surface area contributed by atoms with Gasteiger partial charge in [-0.15, -0.1) is 0 Å². The fraction of sp³-hybridized carbons (Fsp3) is 0.211. The van der Waals surface area contributed by atoms with Crippen LogP contribution < -0.4 is 5.73 Å². The summed E-state index contributed by atoms with van der Waals surface area (Å²) in [4.78, 5) is 4.21. The summed E-state index contributed by atoms with van der Waals surface area (Å²) in [6.45, 7) is 2.30. The average Bonchev–Trinajstić information content (AvgIpc) is 2.86. The van der Waals surface area contributed by atoms with Crippen molar-refractivity contribution >= 4 is 32.3 Å². The zero-order valence-corrected chi connectivity index (χ0v) is 16.6. The lowest BCUT2D eigenvalue weighted by Crippen LogP contribution is -2.49. The van der Waals surface area contributed by atoms with E-state index in [9.17, 15) is 12.8 Å². The van der Waals surface area contributed by atoms with E-state index in [1.54, 1.807) is 24.4 Å². The summed E-state index contributed by atoms with van der Waals surface area (Å²) in [5.41, 5.74) is 6.68. The average molecular weight is 409 g/mol. The van der Waals surface area contributed by atoms with E-state index in [2.05, 4.69) is 10.7 Å². The monoisotopic (exact) mass is 408 g/mol. The molecule has 3 aromatic rings. The molecule has 0 saturated carbocycles. The molecule has 27 heavy (non-hydrogen) atoms. The molecule has 3 rings (SSSR count). The van der Waals surface area contributed by atoms with Gasteiger partial charge >= 0.3 is 0 Å². The minimum Gasteiger partial charge on any atom is -0.354 e. The minimum absolute atomic E-state index is 0.0681. The van der Waals surface area contributed by atoms with Crippen molar-refractivity contribution in [3.8, 4) is 11.1 Å². The van der Waals surface area contributed by atoms with Crippen LogP contribution in [-0.4, -0.2) is 30.8 Å². The Hall–Kier alpha value is -2.22. The molecule has 2 heterocycles. The predicted octanol–water partition coefficient (Wildman–Crippen LogP) is 3.16. The Morgan fingerprint density at radius 3 is 2.74 bits per heavy atom. The van der Waals surface area contributed by atoms with Crippen molar-refractivity contribution in [2.24, 2.45) is 0 Å². The summed E-state index contributed by atoms with van der Waals surface area (Å²) in [6.07, 6.45) is 5.49. The molecule has 0 radical (unpaired) electrons. The molecule has 2 aromatic heterocycles. The van der Waals surface area contributed by atoms with E-state index in [-0.39, 0.29) is 17.3 Å². The van der Waals surface area contributed by atoms with E-state index in [0.717, 1.165) is 28.4 Å². The van der Waals surface area contributed by atoms with Gasteiger partial charge in [-0.05, 0) is 31.2 Å². The van der Waals surface area contributed by atoms with Crippen LogP contribution in [-0.2, 0) is 16.4 Å². The Bertz CT molecular complexity index is 1150. The smallest absolute Gasteiger partial charge is 0.177 e. The van der Waals surface area contributed by atoms with Gasteiger partial charge in [0.05, 0.1) is 18.0 Å². The fourth-order valence-corrected chi connectivity index (χ4v) is 3.92. The van der Waals surface area contributed by atoms with Crippen molar-refractivity contribution in [1.29, 1.82) is 0 Å². The highest BCUT2D eigenvalue weighted by atomic mass is 35.5. The molecule has 5 nitrogen and oxygen atoms in total. The molecule has 1 aromatic carbocycles. The number of rotatable bonds is 5. The first-order valence-corrected chi connectivity index (χ1v) is 10.6. The van der Waals surface area contributed by atoms with Crippen molar-refractivity contribution < 1.29 is 18.5 Å². The number of quaternary nitrogens is 1. The van der Waals surface area contributed by atoms with Gasteiger partial charge in [0.2, 0.25) is 0 Å². The van der Waals surface area contributed by atoms with Crippen LogP contribution in [0.3, 0.4) is 0 Å². The Morgan fingerprint density at radius 2 is 2.07 bits per heavy atom. The Kier molecular flexibility index (Phi) is 5.37. The molecule has 0 bridgehead atoms. The zero-order chi connectivity index (χ0) is 19.8. The molecular weight excluding hydrogens is 389 g/mol. The van der Waals surface area contributed by atoms with Crippen LogP contribution in [0.2, 0.25) is 5.02 Å². The van der Waals surface area contributed by atoms with E-state index >= 15 is 0 Å². The second-order valence-electron chi connectivity index (χ2n) is 6.33. The SMILES string of the molecule is Cc1c(-c2cncc(S(C)(=O)=O)c2)c2cc(Cl)ccc2n1CC(F)=CC[NH3+]. The van der Waals surface area contributed by atoms with Crippen LogP contribution in [0.4, 0.5) is 4.39 Å². The number of hydrogen-bond acceptors (Lipinski definition) is 3. The second-order valence-corrected chi connectivity index (χ2v) is 8.78. The van der Waals surface area contributed by atoms with Gasteiger partial charge in [-0.2, -0.15) is 0 Å². The summed E-state index contributed by atoms with van der Waals surface area (Å²) in [6, 6.07) is 6.96. The number of hydrogen-bond donors (Lipinski definition) is 1. The van der Waals surface area contributed by atoms with E-state index in [0.29, 0.717) is 17.1 Å². The number of allylic oxidation sites excluding steroid dienone is 1. The van der Waals surface area contributed by atoms with Crippen LogP contribution in [0, 0.1) is 6.92 Å². The number of aromatic nitrogens is 2. The lowest BCUT2D eigenvalue weighted by Gasteiger charge is -2.08. The molecule has 8 heteroatoms. The van der Waals surface area contributed by atoms with Gasteiger partial charge in [0, 0.05) is 57.5 Å². The maximum atomic E-state index is 14.2. The van der Waals surface area contributed by atoms with Crippen LogP contribution >= 0.6 is 11.6 Å². The van der Waals surface area contributed by atoms with Gasteiger partial charge in [-0.1, -0.05) is 11.6 Å². The lowest BCUT2D eigenvalue weighted by molar-refractivity contribution is -0.353. The Labute approximate surface area is 162 Å². The van der Waals surface area contributed by atoms with E-state index in [1.807, 2.05) is 17.6 Å². The third kappa shape index (κ3) is 3.90. The zero-order valence-electron chi connectivity index (χ0n) is 15.0. The van der Waals surface area contributed by atoms with Crippen LogP contribution in [0.1, 0.15) is 5.69 Å². The van der Waals surface area contributed by atoms with E-state index in [4.69, 9.17) is 11.6 Å². The number of sulfone groups is 1. The van der Waals surface area contributed by atoms with E-state index < -0.39 is 9.84 Å². The largest absolute Gasteiger partial charge is 0.354 e. The molecule has 0 aliphatic heterocycles. The van der Waals surface area contributed by atoms with Crippen LogP contribution in [0.25, 0.3) is 22.0 Å². The van der Waals surface area contributed by atoms with Crippen molar-refractivity contribution in [2.45, 2.75) is 18.4 Å². The molecule has 0 amide bonds. The number of fused-ring (bicyclic) bond motifs is 1. The van der Waals surface area contributed by atoms with Gasteiger partial charge in [-0.25, -0.2) is 12.8 Å². The molecule has 0 fully saturated rings. The Balaban J connectivity index is 2.29. The van der Waals surface area contributed by atoms with E-state index in [1.165, 1.54) is 12.3 Å². The van der Waals surface area contributed by atoms with Crippen molar-refractivity contribution in [1.82, 2.24) is 9.55 Å². The molecule has 0 unspecified atom stereocenters. The van der Waals surface area contributed by atoms with Gasteiger partial charge in [0.25, 0.3) is 0 Å². The highest BCUT2D eigenvalue weighted by molar-refractivity contribution is 7.90. The highest BCUT2D eigenvalue weighted by Gasteiger charge is 2.19. The fourth-order valence-electron chi connectivity index (χ4n) is 3.15. The van der Waals surface area contributed by atoms with Gasteiger partial charge < -0.3 is 10.3 Å². The summed E-state index contributed by atoms with van der Waals surface area (Å²) >= 11 is 6.18. The predicted molar refractivity (Wildman–Crippen MR) is 105 cm³/mol. The molecule has 0 atom stereocenters. The van der Waals surface area contributed by atoms with Gasteiger partial charge in [-0.3, -0.25) is 4.98 Å². The quantitative estimate of drug-likeness (QED) is 0.704. The molecule has 3 N–H and O–H groups in total. The number of nitrogens with zero attached hydrogens (tertiary/aromatic N) is 2. The number of benzene rings is 1. The maximum Gasteiger partial charge on any atom is 0.177 e. The molecule has 0 spiro atoms. The third-order valence-electron chi connectivity index (χ3n) is 4.39. The molecular formula is C19H20ClFN3O2S+. The van der Waals surface area contributed by atoms with Crippen LogP contribution in [0.5, 0.6) is 0 Å². The summed E-state index contributed by atoms with van der Waals surface area (Å²) in [5, 5.41) is 1.36. The van der Waals surface area contributed by atoms with Crippen molar-refractivity contribution in [3.05, 3.63) is 59.3 Å². The van der Waals surface area contributed by atoms with Gasteiger partial charge in [0.1, 0.15) is 5.83 Å². The first-order valence-electron chi connectivity index (χ1n) is 8.30. The summed E-state index contributed by atoms with van der Waals surface area (Å²) in [5.74, 6) is -0.283. The highest BCUT2D eigenvalue weighted by Crippen LogP contribution is 2.37. The number of halogens is 2. The van der Waals surface area contributed by atoms with Gasteiger partial charge in [0.15, 0.2) is 9.84 Å². The first-order chi connectivity index (χ1) is 12.7. The van der Waals surface area contributed by atoms with Crippen molar-refractivity contribution in [2.75, 3.05) is 12.8 Å². The van der Waals surface area contributed by atoms with Crippen LogP contribution in [0.15, 0.2) is 53.5 Å². The minimum atomic E-state index is -3.40. The standard InChI is InChI=1S/C19H19ClFN3O2S/c1-12-19(13-7-16(10-23-9-13)27(2,25)26)17-8-14(20)3-4-18(17)24(12)11-15(21)5-6-22/h3-5,7-10H,6,11,22H2,1-2H3/p+1. The molecule has 0 saturated heterocycles. The lowest BCUT2D eigenvalue weighted by atomic mass is 10.0.